The monoisotopic (exact) mass is 429 g/mol. The van der Waals surface area contributed by atoms with Crippen LogP contribution in [0.4, 0.5) is 5.69 Å². The number of fused-ring (bicyclic) bond motifs is 1. The second kappa shape index (κ2) is 8.50. The second-order valence-electron chi connectivity index (χ2n) is 6.99. The van der Waals surface area contributed by atoms with E-state index in [2.05, 4.69) is 20.3 Å². The third-order valence-electron chi connectivity index (χ3n) is 4.87. The van der Waals surface area contributed by atoms with E-state index in [1.807, 2.05) is 37.4 Å². The molecule has 30 heavy (non-hydrogen) atoms. The topological polar surface area (TPSA) is 107 Å². The summed E-state index contributed by atoms with van der Waals surface area (Å²) in [6.07, 6.45) is 4.01. The van der Waals surface area contributed by atoms with Crippen molar-refractivity contribution in [1.29, 1.82) is 0 Å². The average Bonchev–Trinajstić information content (AvgIpc) is 2.77. The lowest BCUT2D eigenvalue weighted by Crippen LogP contribution is -2.47. The quantitative estimate of drug-likeness (QED) is 0.632. The molecule has 1 N–H and O–H groups in total. The molecule has 0 aliphatic carbocycles. The Balaban J connectivity index is 1.59. The van der Waals surface area contributed by atoms with E-state index in [0.717, 1.165) is 11.3 Å². The van der Waals surface area contributed by atoms with Crippen LogP contribution in [0.2, 0.25) is 0 Å². The summed E-state index contributed by atoms with van der Waals surface area (Å²) in [6.45, 7) is 1.08. The maximum atomic E-state index is 11.8. The van der Waals surface area contributed by atoms with Gasteiger partial charge >= 0.3 is 0 Å². The lowest BCUT2D eigenvalue weighted by Gasteiger charge is -2.30. The normalized spacial score (nSPS) is 17.7. The van der Waals surface area contributed by atoms with Crippen molar-refractivity contribution in [1.82, 2.24) is 19.3 Å². The van der Waals surface area contributed by atoms with Crippen molar-refractivity contribution in [3.05, 3.63) is 42.7 Å². The molecule has 9 nitrogen and oxygen atoms in total. The number of nitrogens with one attached hydrogen (secondary N) is 1. The largest absolute Gasteiger partial charge is 0.473 e. The Hall–Kier alpha value is -2.82. The molecule has 1 aromatic carbocycles. The van der Waals surface area contributed by atoms with Crippen molar-refractivity contribution in [2.75, 3.05) is 44.9 Å². The number of hydrogen-bond donors (Lipinski definition) is 1. The molecule has 0 spiro atoms. The van der Waals surface area contributed by atoms with Crippen LogP contribution >= 0.6 is 0 Å². The van der Waals surface area contributed by atoms with Crippen molar-refractivity contribution in [3.63, 3.8) is 0 Å². The van der Waals surface area contributed by atoms with Gasteiger partial charge in [0.25, 0.3) is 0 Å². The third kappa shape index (κ3) is 4.50. The van der Waals surface area contributed by atoms with Gasteiger partial charge < -0.3 is 14.8 Å². The molecule has 1 atom stereocenters. The number of morpholine rings is 1. The minimum atomic E-state index is -3.27. The first-order valence-electron chi connectivity index (χ1n) is 9.53. The van der Waals surface area contributed by atoms with Crippen LogP contribution < -0.4 is 10.1 Å². The summed E-state index contributed by atoms with van der Waals surface area (Å²) < 4.78 is 36.7. The van der Waals surface area contributed by atoms with E-state index in [1.165, 1.54) is 10.6 Å². The molecule has 0 saturated carbocycles. The highest BCUT2D eigenvalue weighted by Crippen LogP contribution is 2.28. The van der Waals surface area contributed by atoms with Gasteiger partial charge in [0.2, 0.25) is 15.9 Å². The first-order valence-corrected chi connectivity index (χ1v) is 11.4. The predicted molar refractivity (Wildman–Crippen MR) is 114 cm³/mol. The highest BCUT2D eigenvalue weighted by atomic mass is 32.2. The van der Waals surface area contributed by atoms with Crippen LogP contribution in [-0.4, -0.2) is 73.4 Å². The van der Waals surface area contributed by atoms with Crippen LogP contribution in [0.25, 0.3) is 22.3 Å². The summed E-state index contributed by atoms with van der Waals surface area (Å²) in [5.74, 6) is 0.341. The second-order valence-corrected chi connectivity index (χ2v) is 8.97. The summed E-state index contributed by atoms with van der Waals surface area (Å²) in [5.41, 5.74) is 3.84. The number of anilines is 1. The molecule has 3 aromatic rings. The highest BCUT2D eigenvalue weighted by molar-refractivity contribution is 7.88. The summed E-state index contributed by atoms with van der Waals surface area (Å²) >= 11 is 0. The van der Waals surface area contributed by atoms with Gasteiger partial charge in [0, 0.05) is 43.8 Å². The Morgan fingerprint density at radius 1 is 1.23 bits per heavy atom. The van der Waals surface area contributed by atoms with E-state index in [1.54, 1.807) is 12.4 Å². The van der Waals surface area contributed by atoms with Crippen molar-refractivity contribution in [2.45, 2.75) is 6.10 Å². The van der Waals surface area contributed by atoms with E-state index < -0.39 is 10.0 Å². The Morgan fingerprint density at radius 2 is 2.00 bits per heavy atom. The van der Waals surface area contributed by atoms with Crippen LogP contribution in [0.15, 0.2) is 42.7 Å². The molecular weight excluding hydrogens is 406 g/mol. The molecule has 0 bridgehead atoms. The zero-order chi connectivity index (χ0) is 21.1. The number of hydrogen-bond acceptors (Lipinski definition) is 8. The van der Waals surface area contributed by atoms with Crippen molar-refractivity contribution in [3.8, 4) is 17.1 Å². The van der Waals surface area contributed by atoms with E-state index in [-0.39, 0.29) is 19.3 Å². The molecule has 10 heteroatoms. The van der Waals surface area contributed by atoms with Crippen molar-refractivity contribution >= 4 is 26.7 Å². The fourth-order valence-corrected chi connectivity index (χ4v) is 4.11. The van der Waals surface area contributed by atoms with E-state index in [0.29, 0.717) is 35.8 Å². The first-order chi connectivity index (χ1) is 14.4. The van der Waals surface area contributed by atoms with Gasteiger partial charge in [-0.15, -0.1) is 0 Å². The maximum Gasteiger partial charge on any atom is 0.242 e. The van der Waals surface area contributed by atoms with E-state index >= 15 is 0 Å². The fraction of sp³-hybridized carbons (Fsp3) is 0.350. The molecule has 158 valence electrons. The molecule has 1 fully saturated rings. The molecule has 1 aliphatic rings. The maximum absolute atomic E-state index is 11.8. The first kappa shape index (κ1) is 20.5. The Morgan fingerprint density at radius 3 is 2.73 bits per heavy atom. The zero-order valence-corrected chi connectivity index (χ0v) is 17.6. The van der Waals surface area contributed by atoms with Crippen LogP contribution in [-0.2, 0) is 14.8 Å². The third-order valence-corrected chi connectivity index (χ3v) is 6.14. The SMILES string of the molecule is CNc1ccc(-c2cc3nccnc3c(OC[C@@H]3CN(S(C)(=O)=O)CCO3)n2)cc1. The molecule has 1 aliphatic heterocycles. The molecule has 0 unspecified atom stereocenters. The minimum Gasteiger partial charge on any atom is -0.473 e. The molecule has 4 rings (SSSR count). The highest BCUT2D eigenvalue weighted by Gasteiger charge is 2.27. The van der Waals surface area contributed by atoms with E-state index in [4.69, 9.17) is 9.47 Å². The molecule has 3 heterocycles. The fourth-order valence-electron chi connectivity index (χ4n) is 3.27. The lowest BCUT2D eigenvalue weighted by molar-refractivity contribution is -0.0252. The summed E-state index contributed by atoms with van der Waals surface area (Å²) in [4.78, 5) is 13.4. The lowest BCUT2D eigenvalue weighted by atomic mass is 10.1. The van der Waals surface area contributed by atoms with Crippen molar-refractivity contribution < 1.29 is 17.9 Å². The minimum absolute atomic E-state index is 0.160. The average molecular weight is 430 g/mol. The summed E-state index contributed by atoms with van der Waals surface area (Å²) in [7, 11) is -1.41. The molecule has 0 radical (unpaired) electrons. The van der Waals surface area contributed by atoms with Gasteiger partial charge in [-0.1, -0.05) is 12.1 Å². The number of aromatic nitrogens is 3. The van der Waals surface area contributed by atoms with Gasteiger partial charge in [0.05, 0.1) is 24.1 Å². The van der Waals surface area contributed by atoms with Gasteiger partial charge in [-0.3, -0.25) is 4.98 Å². The van der Waals surface area contributed by atoms with Crippen LogP contribution in [0.1, 0.15) is 0 Å². The van der Waals surface area contributed by atoms with Gasteiger partial charge in [0.15, 0.2) is 5.52 Å². The number of sulfonamides is 1. The number of nitrogens with zero attached hydrogens (tertiary/aromatic N) is 4. The zero-order valence-electron chi connectivity index (χ0n) is 16.8. The smallest absolute Gasteiger partial charge is 0.242 e. The number of benzene rings is 1. The van der Waals surface area contributed by atoms with Gasteiger partial charge in [0.1, 0.15) is 12.7 Å². The Kier molecular flexibility index (Phi) is 5.80. The molecular formula is C20H23N5O4S. The van der Waals surface area contributed by atoms with Gasteiger partial charge in [-0.25, -0.2) is 18.4 Å². The number of pyridine rings is 1. The molecule has 0 amide bonds. The molecule has 1 saturated heterocycles. The summed E-state index contributed by atoms with van der Waals surface area (Å²) in [5, 5.41) is 3.09. The van der Waals surface area contributed by atoms with Gasteiger partial charge in [-0.2, -0.15) is 4.31 Å². The number of ether oxygens (including phenoxy) is 2. The van der Waals surface area contributed by atoms with Crippen LogP contribution in [0.3, 0.4) is 0 Å². The summed E-state index contributed by atoms with van der Waals surface area (Å²) in [6, 6.07) is 9.73. The van der Waals surface area contributed by atoms with Crippen molar-refractivity contribution in [2.24, 2.45) is 0 Å². The van der Waals surface area contributed by atoms with E-state index in [9.17, 15) is 8.42 Å². The Bertz CT molecular complexity index is 1140. The van der Waals surface area contributed by atoms with Crippen LogP contribution in [0, 0.1) is 0 Å². The molecule has 2 aromatic heterocycles. The number of rotatable bonds is 6. The Labute approximate surface area is 175 Å². The van der Waals surface area contributed by atoms with Gasteiger partial charge in [-0.05, 0) is 18.2 Å². The standard InChI is InChI=1S/C20H23N5O4S/c1-21-15-5-3-14(4-6-15)17-11-18-19(23-8-7-22-18)20(24-17)29-13-16-12-25(9-10-28-16)30(2,26)27/h3-8,11,16,21H,9-10,12-13H2,1-2H3/t16-/m0/s1. The van der Waals surface area contributed by atoms with Crippen LogP contribution in [0.5, 0.6) is 5.88 Å². The predicted octanol–water partition coefficient (Wildman–Crippen LogP) is 1.77.